The zero-order valence-corrected chi connectivity index (χ0v) is 11.6. The number of hydrogen-bond donors (Lipinski definition) is 0. The van der Waals surface area contributed by atoms with E-state index < -0.39 is 0 Å². The SMILES string of the molecule is Cc1cc(COI)n(-c2ccc(Cl)cc2)n1. The number of benzene rings is 1. The van der Waals surface area contributed by atoms with Gasteiger partial charge in [-0.2, -0.15) is 5.10 Å². The van der Waals surface area contributed by atoms with Crippen LogP contribution in [0.5, 0.6) is 0 Å². The molecule has 0 spiro atoms. The van der Waals surface area contributed by atoms with E-state index in [1.807, 2.05) is 64.9 Å². The molecule has 84 valence electrons. The summed E-state index contributed by atoms with van der Waals surface area (Å²) in [7, 11) is 0. The highest BCUT2D eigenvalue weighted by Crippen LogP contribution is 2.17. The molecule has 16 heavy (non-hydrogen) atoms. The average molecular weight is 349 g/mol. The molecular weight excluding hydrogens is 338 g/mol. The molecule has 1 heterocycles. The highest BCUT2D eigenvalue weighted by Gasteiger charge is 2.07. The minimum atomic E-state index is 0.532. The normalized spacial score (nSPS) is 10.7. The first-order valence-electron chi connectivity index (χ1n) is 4.76. The lowest BCUT2D eigenvalue weighted by Crippen LogP contribution is -2.02. The van der Waals surface area contributed by atoms with Gasteiger partial charge in [0.2, 0.25) is 0 Å². The van der Waals surface area contributed by atoms with Gasteiger partial charge in [-0.3, -0.25) is 0 Å². The van der Waals surface area contributed by atoms with Crippen LogP contribution in [0.15, 0.2) is 30.3 Å². The lowest BCUT2D eigenvalue weighted by molar-refractivity contribution is 0.404. The molecule has 1 aromatic heterocycles. The van der Waals surface area contributed by atoms with Crippen molar-refractivity contribution in [3.8, 4) is 5.69 Å². The van der Waals surface area contributed by atoms with E-state index in [9.17, 15) is 0 Å². The fourth-order valence-corrected chi connectivity index (χ4v) is 1.96. The smallest absolute Gasteiger partial charge is 0.110 e. The molecule has 0 aliphatic heterocycles. The summed E-state index contributed by atoms with van der Waals surface area (Å²) < 4.78 is 6.98. The first kappa shape index (κ1) is 11.9. The molecule has 2 aromatic rings. The van der Waals surface area contributed by atoms with E-state index in [1.54, 1.807) is 0 Å². The average Bonchev–Trinajstić information content (AvgIpc) is 2.61. The van der Waals surface area contributed by atoms with Crippen LogP contribution in [0.4, 0.5) is 0 Å². The van der Waals surface area contributed by atoms with Crippen molar-refractivity contribution in [2.45, 2.75) is 13.5 Å². The summed E-state index contributed by atoms with van der Waals surface area (Å²) in [6.45, 7) is 2.49. The van der Waals surface area contributed by atoms with Crippen molar-refractivity contribution in [1.82, 2.24) is 9.78 Å². The van der Waals surface area contributed by atoms with Crippen LogP contribution in [0.2, 0.25) is 5.02 Å². The monoisotopic (exact) mass is 348 g/mol. The molecule has 2 rings (SSSR count). The summed E-state index contributed by atoms with van der Waals surface area (Å²) in [5, 5.41) is 5.14. The molecule has 0 bridgehead atoms. The zero-order chi connectivity index (χ0) is 11.5. The van der Waals surface area contributed by atoms with Crippen molar-refractivity contribution in [2.24, 2.45) is 0 Å². The van der Waals surface area contributed by atoms with Gasteiger partial charge in [-0.1, -0.05) is 11.6 Å². The second-order valence-corrected chi connectivity index (χ2v) is 4.48. The van der Waals surface area contributed by atoms with Gasteiger partial charge in [-0.25, -0.2) is 4.68 Å². The standard InChI is InChI=1S/C11H10ClIN2O/c1-8-6-11(7-16-13)15(14-8)10-4-2-9(12)3-5-10/h2-6H,7H2,1H3. The summed E-state index contributed by atoms with van der Waals surface area (Å²) in [6, 6.07) is 9.58. The first-order chi connectivity index (χ1) is 7.70. The summed E-state index contributed by atoms with van der Waals surface area (Å²) >= 11 is 7.73. The number of aromatic nitrogens is 2. The first-order valence-corrected chi connectivity index (χ1v) is 6.01. The van der Waals surface area contributed by atoms with Crippen LogP contribution in [0.25, 0.3) is 5.69 Å². The Morgan fingerprint density at radius 3 is 2.69 bits per heavy atom. The third-order valence-corrected chi connectivity index (χ3v) is 2.74. The summed E-state index contributed by atoms with van der Waals surface area (Å²) in [5.74, 6) is 0. The molecule has 0 saturated heterocycles. The van der Waals surface area contributed by atoms with Crippen LogP contribution in [-0.4, -0.2) is 9.78 Å². The molecule has 0 atom stereocenters. The molecule has 0 N–H and O–H groups in total. The molecular formula is C11H10ClIN2O. The third-order valence-electron chi connectivity index (χ3n) is 2.18. The van der Waals surface area contributed by atoms with Crippen molar-refractivity contribution >= 4 is 34.6 Å². The van der Waals surface area contributed by atoms with Gasteiger partial charge in [0.15, 0.2) is 0 Å². The van der Waals surface area contributed by atoms with Crippen molar-refractivity contribution < 1.29 is 3.07 Å². The largest absolute Gasteiger partial charge is 0.309 e. The van der Waals surface area contributed by atoms with Crippen LogP contribution < -0.4 is 0 Å². The van der Waals surface area contributed by atoms with Crippen LogP contribution in [0.1, 0.15) is 11.4 Å². The van der Waals surface area contributed by atoms with Gasteiger partial charge < -0.3 is 3.07 Å². The van der Waals surface area contributed by atoms with Gasteiger partial charge >= 0.3 is 0 Å². The summed E-state index contributed by atoms with van der Waals surface area (Å²) in [6.07, 6.45) is 0. The Hall–Kier alpha value is -0.590. The predicted octanol–water partition coefficient (Wildman–Crippen LogP) is 3.70. The van der Waals surface area contributed by atoms with Gasteiger partial charge in [-0.05, 0) is 37.3 Å². The second kappa shape index (κ2) is 5.16. The highest BCUT2D eigenvalue weighted by molar-refractivity contribution is 14.1. The number of nitrogens with zero attached hydrogens (tertiary/aromatic N) is 2. The molecule has 0 aliphatic rings. The van der Waals surface area contributed by atoms with Crippen LogP contribution in [0, 0.1) is 6.92 Å². The maximum absolute atomic E-state index is 5.85. The van der Waals surface area contributed by atoms with Crippen molar-refractivity contribution in [1.29, 1.82) is 0 Å². The van der Waals surface area contributed by atoms with Crippen molar-refractivity contribution in [2.75, 3.05) is 0 Å². The van der Waals surface area contributed by atoms with Crippen LogP contribution >= 0.6 is 34.6 Å². The lowest BCUT2D eigenvalue weighted by Gasteiger charge is -2.05. The van der Waals surface area contributed by atoms with E-state index in [0.29, 0.717) is 6.61 Å². The Morgan fingerprint density at radius 2 is 2.06 bits per heavy atom. The Kier molecular flexibility index (Phi) is 3.83. The lowest BCUT2D eigenvalue weighted by atomic mass is 10.3. The molecule has 0 fully saturated rings. The minimum absolute atomic E-state index is 0.532. The molecule has 0 amide bonds. The molecule has 3 nitrogen and oxygen atoms in total. The van der Waals surface area contributed by atoms with Gasteiger partial charge in [0, 0.05) is 5.02 Å². The fraction of sp³-hybridized carbons (Fsp3) is 0.182. The van der Waals surface area contributed by atoms with E-state index in [1.165, 1.54) is 0 Å². The number of aryl methyl sites for hydroxylation is 1. The number of rotatable bonds is 3. The van der Waals surface area contributed by atoms with Gasteiger partial charge in [0.05, 0.1) is 17.1 Å². The van der Waals surface area contributed by atoms with E-state index in [4.69, 9.17) is 14.7 Å². The summed E-state index contributed by atoms with van der Waals surface area (Å²) in [4.78, 5) is 0. The Bertz CT molecular complexity index is 481. The minimum Gasteiger partial charge on any atom is -0.309 e. The molecule has 1 aromatic carbocycles. The molecule has 5 heteroatoms. The van der Waals surface area contributed by atoms with Gasteiger partial charge in [0.1, 0.15) is 29.6 Å². The van der Waals surface area contributed by atoms with Gasteiger partial charge in [-0.15, -0.1) is 0 Å². The number of halogens is 2. The van der Waals surface area contributed by atoms with E-state index >= 15 is 0 Å². The number of hydrogen-bond acceptors (Lipinski definition) is 2. The molecule has 0 radical (unpaired) electrons. The van der Waals surface area contributed by atoms with E-state index in [0.717, 1.165) is 22.1 Å². The Balaban J connectivity index is 2.42. The molecule has 0 saturated carbocycles. The third kappa shape index (κ3) is 2.56. The summed E-state index contributed by atoms with van der Waals surface area (Å²) in [5.41, 5.74) is 2.98. The maximum Gasteiger partial charge on any atom is 0.110 e. The maximum atomic E-state index is 5.85. The zero-order valence-electron chi connectivity index (χ0n) is 8.65. The second-order valence-electron chi connectivity index (χ2n) is 3.42. The molecule has 0 aliphatic carbocycles. The predicted molar refractivity (Wildman–Crippen MR) is 72.1 cm³/mol. The van der Waals surface area contributed by atoms with Gasteiger partial charge in [0.25, 0.3) is 0 Å². The fourth-order valence-electron chi connectivity index (χ4n) is 1.52. The van der Waals surface area contributed by atoms with E-state index in [-0.39, 0.29) is 0 Å². The van der Waals surface area contributed by atoms with Crippen molar-refractivity contribution in [3.63, 3.8) is 0 Å². The van der Waals surface area contributed by atoms with Crippen LogP contribution in [0.3, 0.4) is 0 Å². The quantitative estimate of drug-likeness (QED) is 0.791. The molecule has 0 unspecified atom stereocenters. The van der Waals surface area contributed by atoms with Crippen LogP contribution in [-0.2, 0) is 9.67 Å². The topological polar surface area (TPSA) is 27.1 Å². The van der Waals surface area contributed by atoms with Crippen molar-refractivity contribution in [3.05, 3.63) is 46.7 Å². The van der Waals surface area contributed by atoms with E-state index in [2.05, 4.69) is 5.10 Å². The highest BCUT2D eigenvalue weighted by atomic mass is 127. The Morgan fingerprint density at radius 1 is 1.38 bits per heavy atom. The Labute approximate surface area is 113 Å².